The first-order valence-corrected chi connectivity index (χ1v) is 5.87. The van der Waals surface area contributed by atoms with Gasteiger partial charge in [-0.2, -0.15) is 0 Å². The average molecular weight is 235 g/mol. The maximum absolute atomic E-state index is 8.57. The van der Waals surface area contributed by atoms with Crippen molar-refractivity contribution in [2.75, 3.05) is 18.5 Å². The maximum atomic E-state index is 8.57. The van der Waals surface area contributed by atoms with E-state index in [1.165, 1.54) is 6.42 Å². The number of hydrogen-bond donors (Lipinski definition) is 2. The van der Waals surface area contributed by atoms with Crippen LogP contribution in [0.5, 0.6) is 0 Å². The van der Waals surface area contributed by atoms with E-state index in [9.17, 15) is 0 Å². The predicted octanol–water partition coefficient (Wildman–Crippen LogP) is 2.26. The van der Waals surface area contributed by atoms with Crippen molar-refractivity contribution in [1.29, 1.82) is 0 Å². The third-order valence-corrected chi connectivity index (χ3v) is 2.99. The Balaban J connectivity index is 2.73. The minimum atomic E-state index is 0.140. The lowest BCUT2D eigenvalue weighted by Crippen LogP contribution is -2.23. The van der Waals surface area contributed by atoms with Crippen molar-refractivity contribution in [1.82, 2.24) is 0 Å². The molecule has 4 nitrogen and oxygen atoms in total. The monoisotopic (exact) mass is 235 g/mol. The molecule has 0 radical (unpaired) electrons. The molecule has 0 aliphatic heterocycles. The van der Waals surface area contributed by atoms with Crippen molar-refractivity contribution < 1.29 is 5.21 Å². The number of amidine groups is 1. The molecule has 0 heterocycles. The zero-order valence-corrected chi connectivity index (χ0v) is 10.7. The van der Waals surface area contributed by atoms with Gasteiger partial charge >= 0.3 is 0 Å². The molecule has 0 saturated carbocycles. The summed E-state index contributed by atoms with van der Waals surface area (Å²) in [6, 6.07) is 7.68. The largest absolute Gasteiger partial charge is 0.409 e. The minimum Gasteiger partial charge on any atom is -0.409 e. The molecule has 0 spiro atoms. The fraction of sp³-hybridized carbons (Fsp3) is 0.462. The number of oxime groups is 1. The van der Waals surface area contributed by atoms with Gasteiger partial charge < -0.3 is 15.8 Å². The second kappa shape index (κ2) is 6.13. The molecular formula is C13H21N3O. The zero-order valence-electron chi connectivity index (χ0n) is 10.7. The third kappa shape index (κ3) is 3.66. The highest BCUT2D eigenvalue weighted by molar-refractivity contribution is 5.97. The van der Waals surface area contributed by atoms with E-state index in [-0.39, 0.29) is 5.84 Å². The Bertz CT molecular complexity index is 373. The topological polar surface area (TPSA) is 61.8 Å². The van der Waals surface area contributed by atoms with Crippen LogP contribution in [0, 0.1) is 5.92 Å². The highest BCUT2D eigenvalue weighted by Crippen LogP contribution is 2.16. The van der Waals surface area contributed by atoms with Crippen LogP contribution in [0.4, 0.5) is 5.69 Å². The smallest absolute Gasteiger partial charge is 0.170 e. The van der Waals surface area contributed by atoms with E-state index in [1.54, 1.807) is 0 Å². The molecule has 1 unspecified atom stereocenters. The zero-order chi connectivity index (χ0) is 12.8. The Kier molecular flexibility index (Phi) is 4.82. The number of anilines is 1. The molecule has 94 valence electrons. The first kappa shape index (κ1) is 13.4. The van der Waals surface area contributed by atoms with Gasteiger partial charge in [-0.15, -0.1) is 0 Å². The van der Waals surface area contributed by atoms with Crippen LogP contribution >= 0.6 is 0 Å². The van der Waals surface area contributed by atoms with Gasteiger partial charge in [0.05, 0.1) is 0 Å². The molecule has 1 aromatic rings. The lowest BCUT2D eigenvalue weighted by molar-refractivity contribution is 0.318. The summed E-state index contributed by atoms with van der Waals surface area (Å²) in [5.41, 5.74) is 7.38. The molecule has 0 aliphatic rings. The summed E-state index contributed by atoms with van der Waals surface area (Å²) in [6.45, 7) is 5.46. The Morgan fingerprint density at radius 3 is 2.47 bits per heavy atom. The number of nitrogens with two attached hydrogens (primary N) is 1. The Morgan fingerprint density at radius 2 is 2.00 bits per heavy atom. The summed E-state index contributed by atoms with van der Waals surface area (Å²) in [5.74, 6) is 0.810. The summed E-state index contributed by atoms with van der Waals surface area (Å²) >= 11 is 0. The first-order valence-electron chi connectivity index (χ1n) is 5.87. The lowest BCUT2D eigenvalue weighted by atomic mass is 10.1. The van der Waals surface area contributed by atoms with Crippen molar-refractivity contribution in [2.24, 2.45) is 16.8 Å². The Morgan fingerprint density at radius 1 is 1.41 bits per heavy atom. The molecule has 1 atom stereocenters. The predicted molar refractivity (Wildman–Crippen MR) is 71.7 cm³/mol. The number of hydrogen-bond acceptors (Lipinski definition) is 3. The quantitative estimate of drug-likeness (QED) is 0.356. The molecular weight excluding hydrogens is 214 g/mol. The van der Waals surface area contributed by atoms with Gasteiger partial charge in [-0.3, -0.25) is 0 Å². The van der Waals surface area contributed by atoms with Crippen molar-refractivity contribution in [3.63, 3.8) is 0 Å². The molecule has 0 fully saturated rings. The van der Waals surface area contributed by atoms with Gasteiger partial charge in [0.2, 0.25) is 0 Å². The maximum Gasteiger partial charge on any atom is 0.170 e. The average Bonchev–Trinajstić information content (AvgIpc) is 2.37. The molecule has 1 rings (SSSR count). The van der Waals surface area contributed by atoms with E-state index in [0.29, 0.717) is 5.92 Å². The van der Waals surface area contributed by atoms with E-state index >= 15 is 0 Å². The van der Waals surface area contributed by atoms with Crippen molar-refractivity contribution >= 4 is 11.5 Å². The molecule has 0 aromatic heterocycles. The number of nitrogens with zero attached hydrogens (tertiary/aromatic N) is 2. The van der Waals surface area contributed by atoms with E-state index in [0.717, 1.165) is 17.8 Å². The minimum absolute atomic E-state index is 0.140. The Labute approximate surface area is 103 Å². The molecule has 0 amide bonds. The van der Waals surface area contributed by atoms with Gasteiger partial charge in [-0.1, -0.05) is 25.4 Å². The van der Waals surface area contributed by atoms with Crippen molar-refractivity contribution in [2.45, 2.75) is 20.3 Å². The highest BCUT2D eigenvalue weighted by atomic mass is 16.4. The van der Waals surface area contributed by atoms with Crippen LogP contribution in [0.25, 0.3) is 0 Å². The van der Waals surface area contributed by atoms with Crippen molar-refractivity contribution in [3.05, 3.63) is 29.8 Å². The van der Waals surface area contributed by atoms with Crippen molar-refractivity contribution in [3.8, 4) is 0 Å². The van der Waals surface area contributed by atoms with Crippen LogP contribution < -0.4 is 10.6 Å². The standard InChI is InChI=1S/C13H21N3O/c1-4-10(2)9-16(3)12-7-5-11(6-8-12)13(14)15-17/h5-8,10,17H,4,9H2,1-3H3,(H2,14,15). The van der Waals surface area contributed by atoms with E-state index in [2.05, 4.69) is 31.0 Å². The second-order valence-corrected chi connectivity index (χ2v) is 4.43. The van der Waals surface area contributed by atoms with Crippen LogP contribution in [0.3, 0.4) is 0 Å². The SMILES string of the molecule is CCC(C)CN(C)c1ccc(/C(N)=N/O)cc1. The van der Waals surface area contributed by atoms with E-state index in [4.69, 9.17) is 10.9 Å². The summed E-state index contributed by atoms with van der Waals surface area (Å²) in [4.78, 5) is 2.21. The normalized spacial score (nSPS) is 13.5. The van der Waals surface area contributed by atoms with Crippen LogP contribution in [0.1, 0.15) is 25.8 Å². The summed E-state index contributed by atoms with van der Waals surface area (Å²) in [6.07, 6.45) is 1.17. The number of rotatable bonds is 5. The Hall–Kier alpha value is -1.71. The molecule has 1 aromatic carbocycles. The van der Waals surface area contributed by atoms with E-state index < -0.39 is 0 Å². The second-order valence-electron chi connectivity index (χ2n) is 4.43. The van der Waals surface area contributed by atoms with Gasteiger partial charge in [-0.25, -0.2) is 0 Å². The molecule has 3 N–H and O–H groups in total. The van der Waals surface area contributed by atoms with Gasteiger partial charge in [0.1, 0.15) is 0 Å². The summed E-state index contributed by atoms with van der Waals surface area (Å²) < 4.78 is 0. The van der Waals surface area contributed by atoms with Gasteiger partial charge in [0.25, 0.3) is 0 Å². The van der Waals surface area contributed by atoms with Crippen LogP contribution in [-0.2, 0) is 0 Å². The number of benzene rings is 1. The van der Waals surface area contributed by atoms with Crippen LogP contribution in [-0.4, -0.2) is 24.6 Å². The third-order valence-electron chi connectivity index (χ3n) is 2.99. The fourth-order valence-electron chi connectivity index (χ4n) is 1.65. The molecule has 0 aliphatic carbocycles. The molecule has 4 heteroatoms. The first-order chi connectivity index (χ1) is 8.08. The van der Waals surface area contributed by atoms with Gasteiger partial charge in [0, 0.05) is 24.8 Å². The highest BCUT2D eigenvalue weighted by Gasteiger charge is 2.06. The van der Waals surface area contributed by atoms with Gasteiger partial charge in [0.15, 0.2) is 5.84 Å². The van der Waals surface area contributed by atoms with Crippen LogP contribution in [0.2, 0.25) is 0 Å². The summed E-state index contributed by atoms with van der Waals surface area (Å²) in [7, 11) is 2.07. The summed E-state index contributed by atoms with van der Waals surface area (Å²) in [5, 5.41) is 11.5. The lowest BCUT2D eigenvalue weighted by Gasteiger charge is -2.22. The molecule has 0 bridgehead atoms. The molecule has 0 saturated heterocycles. The molecule has 17 heavy (non-hydrogen) atoms. The van der Waals surface area contributed by atoms with Crippen LogP contribution in [0.15, 0.2) is 29.4 Å². The fourth-order valence-corrected chi connectivity index (χ4v) is 1.65. The van der Waals surface area contributed by atoms with E-state index in [1.807, 2.05) is 24.3 Å². The van der Waals surface area contributed by atoms with Gasteiger partial charge in [-0.05, 0) is 30.2 Å².